The molecule has 4 nitrogen and oxygen atoms in total. The minimum absolute atomic E-state index is 0.0851. The molecule has 0 aromatic heterocycles. The van der Waals surface area contributed by atoms with Gasteiger partial charge in [0.05, 0.1) is 12.7 Å². The fourth-order valence-electron chi connectivity index (χ4n) is 2.23. The molecule has 0 fully saturated rings. The zero-order valence-electron chi connectivity index (χ0n) is 12.7. The highest BCUT2D eigenvalue weighted by Gasteiger charge is 2.20. The van der Waals surface area contributed by atoms with Crippen LogP contribution in [0.1, 0.15) is 40.5 Å². The molecule has 0 aliphatic carbocycles. The first-order valence-electron chi connectivity index (χ1n) is 6.56. The number of amides is 1. The Morgan fingerprint density at radius 1 is 1.39 bits per heavy atom. The maximum Gasteiger partial charge on any atom is 0.222 e. The van der Waals surface area contributed by atoms with Crippen molar-refractivity contribution in [1.82, 2.24) is 4.90 Å². The summed E-state index contributed by atoms with van der Waals surface area (Å²) in [4.78, 5) is 13.5. The lowest BCUT2D eigenvalue weighted by atomic mass is 9.84. The molecule has 0 aliphatic rings. The molecule has 0 aliphatic heterocycles. The molecule has 4 heteroatoms. The van der Waals surface area contributed by atoms with E-state index in [0.29, 0.717) is 18.9 Å². The van der Waals surface area contributed by atoms with Crippen molar-refractivity contribution in [3.63, 3.8) is 0 Å². The summed E-state index contributed by atoms with van der Waals surface area (Å²) in [6.07, 6.45) is 0.947. The van der Waals surface area contributed by atoms with Crippen LogP contribution in [-0.2, 0) is 9.53 Å². The van der Waals surface area contributed by atoms with Gasteiger partial charge in [0.2, 0.25) is 5.91 Å². The second-order valence-electron chi connectivity index (χ2n) is 6.46. The van der Waals surface area contributed by atoms with Gasteiger partial charge in [0.25, 0.3) is 0 Å². The lowest BCUT2D eigenvalue weighted by Crippen LogP contribution is -2.37. The van der Waals surface area contributed by atoms with Crippen LogP contribution in [0.3, 0.4) is 0 Å². The largest absolute Gasteiger partial charge is 0.389 e. The zero-order valence-corrected chi connectivity index (χ0v) is 12.7. The molecule has 0 saturated carbocycles. The van der Waals surface area contributed by atoms with Crippen LogP contribution in [0.2, 0.25) is 0 Å². The van der Waals surface area contributed by atoms with Gasteiger partial charge in [-0.2, -0.15) is 0 Å². The number of likely N-dealkylation sites (N-methyl/N-ethyl adjacent to an activating group) is 1. The van der Waals surface area contributed by atoms with E-state index in [4.69, 9.17) is 4.74 Å². The topological polar surface area (TPSA) is 49.8 Å². The van der Waals surface area contributed by atoms with Crippen molar-refractivity contribution < 1.29 is 14.6 Å². The zero-order chi connectivity index (χ0) is 14.3. The van der Waals surface area contributed by atoms with Crippen molar-refractivity contribution in [2.45, 2.75) is 46.6 Å². The summed E-state index contributed by atoms with van der Waals surface area (Å²) in [6.45, 7) is 9.23. The molecule has 0 aromatic rings. The number of hydrogen-bond donors (Lipinski definition) is 1. The summed E-state index contributed by atoms with van der Waals surface area (Å²) in [5, 5.41) is 9.57. The van der Waals surface area contributed by atoms with Gasteiger partial charge in [-0.05, 0) is 17.8 Å². The molecule has 0 rings (SSSR count). The number of methoxy groups -OCH3 is 1. The summed E-state index contributed by atoms with van der Waals surface area (Å²) < 4.78 is 4.84. The second-order valence-corrected chi connectivity index (χ2v) is 6.46. The summed E-state index contributed by atoms with van der Waals surface area (Å²) in [5.74, 6) is 0.446. The number of hydrogen-bond acceptors (Lipinski definition) is 3. The van der Waals surface area contributed by atoms with E-state index in [0.717, 1.165) is 6.42 Å². The number of carbonyl (C=O) groups is 1. The van der Waals surface area contributed by atoms with Gasteiger partial charge in [-0.3, -0.25) is 4.79 Å². The van der Waals surface area contributed by atoms with Gasteiger partial charge in [0.1, 0.15) is 0 Å². The Bertz CT molecular complexity index is 248. The predicted octanol–water partition coefficient (Wildman–Crippen LogP) is 1.91. The van der Waals surface area contributed by atoms with E-state index in [1.807, 2.05) is 0 Å². The van der Waals surface area contributed by atoms with Crippen LogP contribution in [0.5, 0.6) is 0 Å². The second kappa shape index (κ2) is 7.74. The maximum atomic E-state index is 12.0. The third-order valence-electron chi connectivity index (χ3n) is 2.75. The highest BCUT2D eigenvalue weighted by Crippen LogP contribution is 2.26. The molecular weight excluding hydrogens is 230 g/mol. The minimum atomic E-state index is -0.609. The van der Waals surface area contributed by atoms with Gasteiger partial charge in [-0.1, -0.05) is 27.7 Å². The van der Waals surface area contributed by atoms with Gasteiger partial charge in [-0.15, -0.1) is 0 Å². The molecule has 0 bridgehead atoms. The van der Waals surface area contributed by atoms with Crippen molar-refractivity contribution in [2.24, 2.45) is 11.3 Å². The molecule has 0 radical (unpaired) electrons. The van der Waals surface area contributed by atoms with Gasteiger partial charge in [-0.25, -0.2) is 0 Å². The average molecular weight is 259 g/mol. The highest BCUT2D eigenvalue weighted by molar-refractivity contribution is 5.76. The molecule has 0 saturated heterocycles. The Balaban J connectivity index is 4.07. The first kappa shape index (κ1) is 17.4. The van der Waals surface area contributed by atoms with E-state index in [-0.39, 0.29) is 17.9 Å². The van der Waals surface area contributed by atoms with Crippen LogP contribution in [-0.4, -0.2) is 49.3 Å². The van der Waals surface area contributed by atoms with E-state index >= 15 is 0 Å². The van der Waals surface area contributed by atoms with Crippen LogP contribution >= 0.6 is 0 Å². The molecular formula is C14H29NO3. The van der Waals surface area contributed by atoms with Crippen molar-refractivity contribution in [3.8, 4) is 0 Å². The van der Waals surface area contributed by atoms with E-state index in [1.54, 1.807) is 11.9 Å². The van der Waals surface area contributed by atoms with Crippen LogP contribution in [0.25, 0.3) is 0 Å². The summed E-state index contributed by atoms with van der Waals surface area (Å²) in [6, 6.07) is 0. The van der Waals surface area contributed by atoms with Crippen LogP contribution in [0.4, 0.5) is 0 Å². The van der Waals surface area contributed by atoms with Crippen molar-refractivity contribution >= 4 is 5.91 Å². The number of ether oxygens (including phenoxy) is 1. The molecule has 1 amide bonds. The van der Waals surface area contributed by atoms with Gasteiger partial charge < -0.3 is 14.7 Å². The van der Waals surface area contributed by atoms with Gasteiger partial charge in [0, 0.05) is 27.1 Å². The first-order valence-corrected chi connectivity index (χ1v) is 6.56. The molecule has 108 valence electrons. The van der Waals surface area contributed by atoms with Crippen molar-refractivity contribution in [2.75, 3.05) is 27.3 Å². The number of carbonyl (C=O) groups excluding carboxylic acids is 1. The van der Waals surface area contributed by atoms with Crippen LogP contribution in [0.15, 0.2) is 0 Å². The van der Waals surface area contributed by atoms with Crippen molar-refractivity contribution in [1.29, 1.82) is 0 Å². The molecule has 0 spiro atoms. The van der Waals surface area contributed by atoms with Gasteiger partial charge >= 0.3 is 0 Å². The number of aliphatic hydroxyl groups is 1. The Labute approximate surface area is 111 Å². The SMILES string of the molecule is COCC(O)CN(C)C(=O)CC(C)CC(C)(C)C. The molecule has 18 heavy (non-hydrogen) atoms. The van der Waals surface area contributed by atoms with Crippen LogP contribution in [0, 0.1) is 11.3 Å². The Kier molecular flexibility index (Phi) is 7.48. The van der Waals surface area contributed by atoms with Crippen LogP contribution < -0.4 is 0 Å². The van der Waals surface area contributed by atoms with E-state index in [2.05, 4.69) is 27.7 Å². The molecule has 0 heterocycles. The number of nitrogens with zero attached hydrogens (tertiary/aromatic N) is 1. The van der Waals surface area contributed by atoms with E-state index < -0.39 is 6.10 Å². The molecule has 0 aromatic carbocycles. The quantitative estimate of drug-likeness (QED) is 0.760. The first-order chi connectivity index (χ1) is 8.15. The molecule has 2 atom stereocenters. The summed E-state index contributed by atoms with van der Waals surface area (Å²) >= 11 is 0. The maximum absolute atomic E-state index is 12.0. The fraction of sp³-hybridized carbons (Fsp3) is 0.929. The minimum Gasteiger partial charge on any atom is -0.389 e. The standard InChI is InChI=1S/C14H29NO3/c1-11(8-14(2,3)4)7-13(17)15(5)9-12(16)10-18-6/h11-12,16H,7-10H2,1-6H3. The smallest absolute Gasteiger partial charge is 0.222 e. The van der Waals surface area contributed by atoms with E-state index in [1.165, 1.54) is 7.11 Å². The van der Waals surface area contributed by atoms with Crippen molar-refractivity contribution in [3.05, 3.63) is 0 Å². The third-order valence-corrected chi connectivity index (χ3v) is 2.75. The van der Waals surface area contributed by atoms with Gasteiger partial charge in [0.15, 0.2) is 0 Å². The predicted molar refractivity (Wildman–Crippen MR) is 73.4 cm³/mol. The monoisotopic (exact) mass is 259 g/mol. The number of aliphatic hydroxyl groups excluding tert-OH is 1. The summed E-state index contributed by atoms with van der Waals surface area (Å²) in [5.41, 5.74) is 0.244. The normalized spacial score (nSPS) is 15.3. The lowest BCUT2D eigenvalue weighted by Gasteiger charge is -2.25. The lowest BCUT2D eigenvalue weighted by molar-refractivity contribution is -0.132. The Hall–Kier alpha value is -0.610. The average Bonchev–Trinajstić information content (AvgIpc) is 2.14. The number of rotatable bonds is 7. The fourth-order valence-corrected chi connectivity index (χ4v) is 2.23. The van der Waals surface area contributed by atoms with E-state index in [9.17, 15) is 9.90 Å². The Morgan fingerprint density at radius 2 is 1.94 bits per heavy atom. The Morgan fingerprint density at radius 3 is 2.39 bits per heavy atom. The molecule has 1 N–H and O–H groups in total. The summed E-state index contributed by atoms with van der Waals surface area (Å²) in [7, 11) is 3.27. The third kappa shape index (κ3) is 8.48. The molecule has 2 unspecified atom stereocenters. The highest BCUT2D eigenvalue weighted by atomic mass is 16.5.